The summed E-state index contributed by atoms with van der Waals surface area (Å²) in [5.41, 5.74) is 1.25. The van der Waals surface area contributed by atoms with Crippen molar-refractivity contribution in [2.24, 2.45) is 0 Å². The molecule has 0 unspecified atom stereocenters. The molecular formula is C79H200O23Si23. The number of carbonyl (C=O) groups is 3. The molecule has 0 saturated carbocycles. The Balaban J connectivity index is -0.000000915. The highest BCUT2D eigenvalue weighted by molar-refractivity contribution is 6.96. The van der Waals surface area contributed by atoms with Crippen LogP contribution in [0.5, 0.6) is 0 Å². The van der Waals surface area contributed by atoms with E-state index in [1.54, 1.807) is 20.8 Å². The van der Waals surface area contributed by atoms with Gasteiger partial charge in [0.15, 0.2) is 141 Å². The smallest absolute Gasteiger partial charge is 0.462 e. The minimum Gasteiger partial charge on any atom is -0.462 e. The van der Waals surface area contributed by atoms with Crippen LogP contribution in [-0.4, -0.2) is 232 Å². The van der Waals surface area contributed by atoms with Crippen LogP contribution in [0.1, 0.15) is 66.7 Å². The summed E-state index contributed by atoms with van der Waals surface area (Å²) in [6.07, 6.45) is 4.51. The van der Waals surface area contributed by atoms with Crippen LogP contribution >= 0.6 is 0 Å². The van der Waals surface area contributed by atoms with E-state index in [2.05, 4.69) is 348 Å². The first kappa shape index (κ1) is 133. The molecule has 0 radical (unpaired) electrons. The van der Waals surface area contributed by atoms with Crippen molar-refractivity contribution in [3.8, 4) is 0 Å². The van der Waals surface area contributed by atoms with Crippen molar-refractivity contribution < 1.29 is 98.6 Å². The maximum atomic E-state index is 12.5. The van der Waals surface area contributed by atoms with Crippen molar-refractivity contribution in [2.45, 2.75) is 435 Å². The number of hydrogen-bond donors (Lipinski definition) is 0. The molecule has 0 aliphatic heterocycles. The van der Waals surface area contributed by atoms with Gasteiger partial charge < -0.3 is 84.2 Å². The fraction of sp³-hybridized carbons (Fsp3) is 0.886. The maximum Gasteiger partial charge on any atom is 0.469 e. The van der Waals surface area contributed by atoms with Crippen molar-refractivity contribution >= 4 is 213 Å². The van der Waals surface area contributed by atoms with E-state index in [-0.39, 0.29) is 24.5 Å². The minimum absolute atomic E-state index is 0.233. The molecule has 0 fully saturated rings. The van der Waals surface area contributed by atoms with E-state index in [9.17, 15) is 14.4 Å². The van der Waals surface area contributed by atoms with E-state index in [4.69, 9.17) is 84.2 Å². The number of hydrogen-bond acceptors (Lipinski definition) is 23. The lowest BCUT2D eigenvalue weighted by Crippen LogP contribution is -2.64. The fourth-order valence-corrected chi connectivity index (χ4v) is 100. The summed E-state index contributed by atoms with van der Waals surface area (Å²) < 4.78 is 133. The second kappa shape index (κ2) is 53.4. The van der Waals surface area contributed by atoms with E-state index >= 15 is 0 Å². The van der Waals surface area contributed by atoms with Gasteiger partial charge in [0.25, 0.3) is 0 Å². The molecule has 0 heterocycles. The Kier molecular flexibility index (Phi) is 56.9. The second-order valence-electron chi connectivity index (χ2n) is 48.9. The Bertz CT molecular complexity index is 2960. The van der Waals surface area contributed by atoms with Gasteiger partial charge in [-0.2, -0.15) is 0 Å². The molecule has 0 bridgehead atoms. The molecule has 0 saturated heterocycles. The molecule has 0 aliphatic rings. The molecule has 0 rings (SSSR count). The van der Waals surface area contributed by atoms with Gasteiger partial charge in [-0.05, 0) is 385 Å². The fourth-order valence-electron chi connectivity index (χ4n) is 12.3. The number of unbranched alkanes of at least 4 members (excludes halogenated alkanes) is 1. The lowest BCUT2D eigenvalue weighted by atomic mass is 10.4. The zero-order valence-corrected chi connectivity index (χ0v) is 114. The SMILES string of the molecule is C=C(C)C(=O)OCCC[Si](C)(C)O[Si](C)(C)O[Si](C)(C)CCCC.C=C(C)C(=O)OCCC[Si](O[Si](C)(C)C)(O[Si](C)(C)C)O[Si](C)(C)C.C=C(C)C(=O)OCCC[Si](O[Si](C)(C)CC)(O[Si](C)(C)CC[Si](O[Si](C)(C)C)(O[Si](C)(C)C)O[Si](C)(C)C)O[Si](C)(C)CC[Si](O[Si](C)(C)C)(O[Si](C)(C)C)O[Si](C)(C)C.C[Si](C)(C)O[SiH](O[Si](C)(C)C)O[Si](C)(C)C. The summed E-state index contributed by atoms with van der Waals surface area (Å²) in [5, 5.41) is 0. The van der Waals surface area contributed by atoms with Gasteiger partial charge >= 0.3 is 71.2 Å². The quantitative estimate of drug-likeness (QED) is 0.0181. The summed E-state index contributed by atoms with van der Waals surface area (Å²) in [7, 11) is -50.4. The van der Waals surface area contributed by atoms with Gasteiger partial charge in [0.05, 0.1) is 19.8 Å². The van der Waals surface area contributed by atoms with Gasteiger partial charge in [0, 0.05) is 40.9 Å². The Morgan fingerprint density at radius 2 is 0.408 bits per heavy atom. The summed E-state index contributed by atoms with van der Waals surface area (Å²) in [6, 6.07) is 7.20. The van der Waals surface area contributed by atoms with Gasteiger partial charge in [-0.15, -0.1) is 0 Å². The lowest BCUT2D eigenvalue weighted by Gasteiger charge is -2.47. The van der Waals surface area contributed by atoms with Crippen LogP contribution in [0.3, 0.4) is 0 Å². The van der Waals surface area contributed by atoms with Gasteiger partial charge in [-0.1, -0.05) is 46.4 Å². The zero-order valence-electron chi connectivity index (χ0n) is 91.1. The van der Waals surface area contributed by atoms with Gasteiger partial charge in [-0.25, -0.2) is 14.4 Å². The first-order chi connectivity index (χ1) is 54.7. The monoisotopic (exact) mass is 2160 g/mol. The van der Waals surface area contributed by atoms with E-state index in [1.807, 2.05) is 0 Å². The molecule has 125 heavy (non-hydrogen) atoms. The van der Waals surface area contributed by atoms with Crippen LogP contribution in [0.2, 0.25) is 369 Å². The van der Waals surface area contributed by atoms with Crippen molar-refractivity contribution in [1.82, 2.24) is 0 Å². The molecule has 0 N–H and O–H groups in total. The standard InChI is InChI=1S/C37H96O11Si12.C17H38O4Si3.C16H38O5Si4.C9H28O3Si4/c1-28-55(22,23)46-58(31-29-30-39-37(38)36(2)3,47-56(24,25)32-34-59(40-49(4,5)6,41-50(7,8)9)42-51(10,11)12)48-57(26,27)33-35-60(43-52(13,14)15,44-53(16,17)18)45-54(19,20)21;1-10-11-14-22(4,5)20-24(8,9)21-23(6,7)15-12-13-19-17(18)16(2)3;1-15(2)16(17)18-13-12-14-25(19-22(3,4)5,20-23(6,7)8)21-24(9,10)11;1-14(2,3)10-13(11-15(4,5)6)12-16(7,8)9/h2,28-35H2,1,3-27H3;2,10-15H2,1,3-9H3;1,12-14H2,2-11H3;13H,1-9H3. The Morgan fingerprint density at radius 1 is 0.224 bits per heavy atom. The van der Waals surface area contributed by atoms with E-state index < -0.39 is 195 Å². The van der Waals surface area contributed by atoms with Crippen LogP contribution in [0.4, 0.5) is 0 Å². The van der Waals surface area contributed by atoms with Crippen LogP contribution in [0, 0.1) is 0 Å². The number of rotatable bonds is 59. The number of ether oxygens (including phenoxy) is 3. The second-order valence-corrected chi connectivity index (χ2v) is 145. The van der Waals surface area contributed by atoms with Crippen LogP contribution in [0.15, 0.2) is 36.5 Å². The summed E-state index contributed by atoms with van der Waals surface area (Å²) in [6.45, 7) is 128. The Labute approximate surface area is 795 Å². The third kappa shape index (κ3) is 76.6. The average molecular weight is 2160 g/mol. The molecular weight excluding hydrogens is 1960 g/mol. The third-order valence-electron chi connectivity index (χ3n) is 15.8. The highest BCUT2D eigenvalue weighted by Crippen LogP contribution is 2.41. The average Bonchev–Trinajstić information content (AvgIpc) is 0.778. The molecule has 0 atom stereocenters. The normalized spacial score (nSPS) is 14.4. The topological polar surface area (TPSA) is 236 Å². The number of carbonyl (C=O) groups excluding carboxylic acids is 3. The van der Waals surface area contributed by atoms with Crippen molar-refractivity contribution in [1.29, 1.82) is 0 Å². The summed E-state index contributed by atoms with van der Waals surface area (Å²) >= 11 is 0. The highest BCUT2D eigenvalue weighted by Gasteiger charge is 2.58. The summed E-state index contributed by atoms with van der Waals surface area (Å²) in [4.78, 5) is 35.5. The van der Waals surface area contributed by atoms with Crippen molar-refractivity contribution in [3.63, 3.8) is 0 Å². The molecule has 0 spiro atoms. The van der Waals surface area contributed by atoms with Gasteiger partial charge in [-0.3, -0.25) is 0 Å². The number of esters is 3. The van der Waals surface area contributed by atoms with E-state index in [0.29, 0.717) is 67.0 Å². The predicted molar refractivity (Wildman–Crippen MR) is 589 cm³/mol. The van der Waals surface area contributed by atoms with Crippen molar-refractivity contribution in [3.05, 3.63) is 36.5 Å². The maximum absolute atomic E-state index is 12.5. The van der Waals surface area contributed by atoms with Crippen molar-refractivity contribution in [2.75, 3.05) is 19.8 Å². The highest BCUT2D eigenvalue weighted by atomic mass is 28.5. The van der Waals surface area contributed by atoms with E-state index in [1.165, 1.54) is 18.9 Å². The van der Waals surface area contributed by atoms with E-state index in [0.717, 1.165) is 30.6 Å². The molecule has 0 aromatic heterocycles. The first-order valence-electron chi connectivity index (χ1n) is 46.0. The summed E-state index contributed by atoms with van der Waals surface area (Å²) in [5.74, 6) is -1.05. The Hall–Kier alpha value is 1.94. The largest absolute Gasteiger partial charge is 0.469 e. The molecule has 0 amide bonds. The minimum atomic E-state index is -3.49. The van der Waals surface area contributed by atoms with Crippen LogP contribution in [0.25, 0.3) is 0 Å². The van der Waals surface area contributed by atoms with Gasteiger partial charge in [0.1, 0.15) is 0 Å². The predicted octanol–water partition coefficient (Wildman–Crippen LogP) is 26.8. The lowest BCUT2D eigenvalue weighted by molar-refractivity contribution is -0.139. The third-order valence-corrected chi connectivity index (χ3v) is 91.0. The first-order valence-corrected chi connectivity index (χ1v) is 114. The van der Waals surface area contributed by atoms with Crippen LogP contribution in [-0.2, 0) is 98.6 Å². The van der Waals surface area contributed by atoms with Crippen LogP contribution < -0.4 is 0 Å². The molecule has 23 nitrogen and oxygen atoms in total. The molecule has 0 aliphatic carbocycles. The molecule has 0 aromatic rings. The molecule has 0 aromatic carbocycles. The molecule has 46 heteroatoms. The Morgan fingerprint density at radius 3 is 0.600 bits per heavy atom. The molecule has 746 valence electrons. The van der Waals surface area contributed by atoms with Gasteiger partial charge in [0.2, 0.25) is 0 Å². The zero-order chi connectivity index (χ0) is 100.